The van der Waals surface area contributed by atoms with Crippen molar-refractivity contribution in [3.63, 3.8) is 0 Å². The molecule has 0 unspecified atom stereocenters. The fraction of sp³-hybridized carbons (Fsp3) is 0.533. The van der Waals surface area contributed by atoms with E-state index in [9.17, 15) is 0 Å². The van der Waals surface area contributed by atoms with Crippen molar-refractivity contribution in [3.05, 3.63) is 23.2 Å². The van der Waals surface area contributed by atoms with Gasteiger partial charge >= 0.3 is 0 Å². The van der Waals surface area contributed by atoms with E-state index in [1.54, 1.807) is 19.2 Å². The van der Waals surface area contributed by atoms with E-state index in [2.05, 4.69) is 15.2 Å². The molecule has 1 fully saturated rings. The van der Waals surface area contributed by atoms with E-state index in [1.165, 1.54) is 0 Å². The molecular weight excluding hydrogens is 304 g/mol. The molecule has 0 saturated carbocycles. The number of nitrogens with zero attached hydrogens (tertiary/aromatic N) is 2. The number of hydrogen-bond acceptors (Lipinski definition) is 4. The highest BCUT2D eigenvalue weighted by Crippen LogP contribution is 2.26. The number of hydrogen-bond donors (Lipinski definition) is 2. The molecule has 1 aliphatic rings. The normalized spacial score (nSPS) is 16.5. The van der Waals surface area contributed by atoms with Gasteiger partial charge in [0.05, 0.1) is 25.3 Å². The Balaban J connectivity index is 1.73. The van der Waals surface area contributed by atoms with Crippen LogP contribution in [0.5, 0.6) is 5.75 Å². The number of guanidine groups is 1. The highest BCUT2D eigenvalue weighted by Gasteiger charge is 2.09. The summed E-state index contributed by atoms with van der Waals surface area (Å²) < 4.78 is 10.4. The zero-order valence-corrected chi connectivity index (χ0v) is 13.6. The van der Waals surface area contributed by atoms with Crippen LogP contribution in [-0.2, 0) is 4.74 Å². The molecule has 2 rings (SSSR count). The van der Waals surface area contributed by atoms with Crippen molar-refractivity contribution in [3.8, 4) is 5.75 Å². The van der Waals surface area contributed by atoms with Crippen LogP contribution in [0.1, 0.15) is 6.42 Å². The average Bonchev–Trinajstić information content (AvgIpc) is 2.53. The maximum absolute atomic E-state index is 6.06. The Labute approximate surface area is 136 Å². The molecule has 0 aliphatic carbocycles. The van der Waals surface area contributed by atoms with Gasteiger partial charge in [-0.2, -0.15) is 0 Å². The first-order chi connectivity index (χ1) is 10.7. The summed E-state index contributed by atoms with van der Waals surface area (Å²) in [5.74, 6) is 1.02. The molecule has 7 heteroatoms. The smallest absolute Gasteiger partial charge is 0.193 e. The van der Waals surface area contributed by atoms with Crippen LogP contribution >= 0.6 is 11.6 Å². The van der Waals surface area contributed by atoms with Crippen molar-refractivity contribution in [2.75, 3.05) is 51.8 Å². The van der Waals surface area contributed by atoms with Crippen LogP contribution in [0.2, 0.25) is 5.02 Å². The molecule has 0 spiro atoms. The molecule has 1 aromatic carbocycles. The fourth-order valence-corrected chi connectivity index (χ4v) is 2.51. The van der Waals surface area contributed by atoms with Crippen molar-refractivity contribution in [2.45, 2.75) is 6.42 Å². The second kappa shape index (κ2) is 8.82. The van der Waals surface area contributed by atoms with Gasteiger partial charge in [-0.3, -0.25) is 9.89 Å². The van der Waals surface area contributed by atoms with E-state index in [0.717, 1.165) is 45.0 Å². The molecule has 1 saturated heterocycles. The molecule has 122 valence electrons. The summed E-state index contributed by atoms with van der Waals surface area (Å²) >= 11 is 6.06. The third-order valence-corrected chi connectivity index (χ3v) is 3.74. The molecule has 22 heavy (non-hydrogen) atoms. The summed E-state index contributed by atoms with van der Waals surface area (Å²) in [6.45, 7) is 5.37. The van der Waals surface area contributed by atoms with Crippen molar-refractivity contribution in [2.24, 2.45) is 10.7 Å². The second-order valence-electron chi connectivity index (χ2n) is 5.05. The van der Waals surface area contributed by atoms with Gasteiger partial charge in [0.25, 0.3) is 0 Å². The number of rotatable bonds is 6. The van der Waals surface area contributed by atoms with Crippen molar-refractivity contribution < 1.29 is 9.47 Å². The highest BCUT2D eigenvalue weighted by atomic mass is 35.5. The lowest BCUT2D eigenvalue weighted by molar-refractivity contribution is 0.0377. The van der Waals surface area contributed by atoms with Crippen LogP contribution < -0.4 is 15.8 Å². The Morgan fingerprint density at radius 2 is 2.23 bits per heavy atom. The number of anilines is 1. The molecule has 1 aliphatic heterocycles. The van der Waals surface area contributed by atoms with Gasteiger partial charge in [-0.25, -0.2) is 0 Å². The zero-order chi connectivity index (χ0) is 15.8. The van der Waals surface area contributed by atoms with Gasteiger partial charge in [0.1, 0.15) is 5.75 Å². The Bertz CT molecular complexity index is 504. The van der Waals surface area contributed by atoms with Crippen molar-refractivity contribution in [1.29, 1.82) is 0 Å². The van der Waals surface area contributed by atoms with Gasteiger partial charge in [-0.1, -0.05) is 11.6 Å². The standard InChI is InChI=1S/C15H23ClN4O2/c1-21-14-4-3-12(11-13(14)16)19-15(17)18-5-2-6-20-7-9-22-10-8-20/h3-4,11H,2,5-10H2,1H3,(H3,17,18,19). The molecule has 6 nitrogen and oxygen atoms in total. The number of nitrogens with one attached hydrogen (secondary N) is 1. The number of aliphatic imine (C=N–C) groups is 1. The SMILES string of the molecule is COc1ccc(NC(N)=NCCCN2CCOCC2)cc1Cl. The van der Waals surface area contributed by atoms with Crippen LogP contribution in [0.4, 0.5) is 5.69 Å². The van der Waals surface area contributed by atoms with Crippen LogP contribution in [0.3, 0.4) is 0 Å². The van der Waals surface area contributed by atoms with Gasteiger partial charge in [-0.15, -0.1) is 0 Å². The summed E-state index contributed by atoms with van der Waals surface area (Å²) in [6, 6.07) is 5.40. The lowest BCUT2D eigenvalue weighted by Crippen LogP contribution is -2.37. The molecule has 3 N–H and O–H groups in total. The number of methoxy groups -OCH3 is 1. The van der Waals surface area contributed by atoms with Crippen LogP contribution in [-0.4, -0.2) is 57.4 Å². The third kappa shape index (κ3) is 5.36. The highest BCUT2D eigenvalue weighted by molar-refractivity contribution is 6.32. The minimum absolute atomic E-state index is 0.392. The fourth-order valence-electron chi connectivity index (χ4n) is 2.25. The van der Waals surface area contributed by atoms with E-state index in [1.807, 2.05) is 6.07 Å². The average molecular weight is 327 g/mol. The molecular formula is C15H23ClN4O2. The van der Waals surface area contributed by atoms with Crippen molar-refractivity contribution in [1.82, 2.24) is 4.90 Å². The van der Waals surface area contributed by atoms with E-state index < -0.39 is 0 Å². The van der Waals surface area contributed by atoms with Gasteiger partial charge in [0.15, 0.2) is 5.96 Å². The number of morpholine rings is 1. The van der Waals surface area contributed by atoms with Gasteiger partial charge < -0.3 is 20.5 Å². The monoisotopic (exact) mass is 326 g/mol. The predicted octanol–water partition coefficient (Wildman–Crippen LogP) is 1.80. The molecule has 0 radical (unpaired) electrons. The first kappa shape index (κ1) is 16.9. The summed E-state index contributed by atoms with van der Waals surface area (Å²) in [5, 5.41) is 3.56. The summed E-state index contributed by atoms with van der Waals surface area (Å²) in [4.78, 5) is 6.71. The van der Waals surface area contributed by atoms with Crippen LogP contribution in [0.25, 0.3) is 0 Å². The van der Waals surface area contributed by atoms with E-state index in [4.69, 9.17) is 26.8 Å². The maximum Gasteiger partial charge on any atom is 0.193 e. The Hall–Kier alpha value is -1.50. The van der Waals surface area contributed by atoms with Crippen LogP contribution in [0, 0.1) is 0 Å². The van der Waals surface area contributed by atoms with Crippen LogP contribution in [0.15, 0.2) is 23.2 Å². The quantitative estimate of drug-likeness (QED) is 0.474. The molecule has 1 heterocycles. The van der Waals surface area contributed by atoms with E-state index in [-0.39, 0.29) is 0 Å². The lowest BCUT2D eigenvalue weighted by Gasteiger charge is -2.26. The second-order valence-corrected chi connectivity index (χ2v) is 5.46. The largest absolute Gasteiger partial charge is 0.495 e. The first-order valence-electron chi connectivity index (χ1n) is 7.39. The van der Waals surface area contributed by atoms with Gasteiger partial charge in [0.2, 0.25) is 0 Å². The lowest BCUT2D eigenvalue weighted by atomic mass is 10.3. The summed E-state index contributed by atoms with van der Waals surface area (Å²) in [5.41, 5.74) is 6.67. The minimum atomic E-state index is 0.392. The number of nitrogens with two attached hydrogens (primary N) is 1. The van der Waals surface area contributed by atoms with Gasteiger partial charge in [0, 0.05) is 31.9 Å². The Kier molecular flexibility index (Phi) is 6.76. The summed E-state index contributed by atoms with van der Waals surface area (Å²) in [6.07, 6.45) is 0.978. The number of halogens is 1. The predicted molar refractivity (Wildman–Crippen MR) is 90.0 cm³/mol. The molecule has 0 bridgehead atoms. The number of benzene rings is 1. The first-order valence-corrected chi connectivity index (χ1v) is 7.77. The Morgan fingerprint density at radius 3 is 2.91 bits per heavy atom. The third-order valence-electron chi connectivity index (χ3n) is 3.44. The molecule has 0 atom stereocenters. The maximum atomic E-state index is 6.06. The van der Waals surface area contributed by atoms with E-state index in [0.29, 0.717) is 23.3 Å². The molecule has 1 aromatic rings. The Morgan fingerprint density at radius 1 is 1.45 bits per heavy atom. The van der Waals surface area contributed by atoms with Gasteiger partial charge in [-0.05, 0) is 24.6 Å². The van der Waals surface area contributed by atoms with Crippen molar-refractivity contribution >= 4 is 23.2 Å². The summed E-state index contributed by atoms with van der Waals surface area (Å²) in [7, 11) is 1.58. The zero-order valence-electron chi connectivity index (χ0n) is 12.8. The van der Waals surface area contributed by atoms with E-state index >= 15 is 0 Å². The molecule has 0 amide bonds. The minimum Gasteiger partial charge on any atom is -0.495 e. The molecule has 0 aromatic heterocycles. The number of ether oxygens (including phenoxy) is 2. The topological polar surface area (TPSA) is 72.1 Å².